The van der Waals surface area contributed by atoms with E-state index in [1.165, 1.54) is 23.5 Å². The number of carbonyl (C=O) groups excluding carboxylic acids is 1. The molecule has 1 amide bonds. The second-order valence-corrected chi connectivity index (χ2v) is 6.46. The second kappa shape index (κ2) is 8.33. The van der Waals surface area contributed by atoms with Crippen molar-refractivity contribution in [2.75, 3.05) is 18.4 Å². The van der Waals surface area contributed by atoms with Gasteiger partial charge in [-0.1, -0.05) is 6.07 Å². The van der Waals surface area contributed by atoms with Crippen molar-refractivity contribution in [3.8, 4) is 16.9 Å². The highest BCUT2D eigenvalue weighted by Gasteiger charge is 2.17. The minimum absolute atomic E-state index is 0.0466. The molecule has 0 aliphatic heterocycles. The number of aryl methyl sites for hydroxylation is 1. The topological polar surface area (TPSA) is 104 Å². The van der Waals surface area contributed by atoms with Gasteiger partial charge in [0, 0.05) is 25.5 Å². The molecule has 136 valence electrons. The third-order valence-electron chi connectivity index (χ3n) is 3.61. The van der Waals surface area contributed by atoms with Crippen LogP contribution in [0.1, 0.15) is 20.9 Å². The fraction of sp³-hybridized carbons (Fsp3) is 0.167. The van der Waals surface area contributed by atoms with Gasteiger partial charge in [-0.2, -0.15) is 5.26 Å². The maximum absolute atomic E-state index is 13.5. The zero-order valence-electron chi connectivity index (χ0n) is 14.4. The van der Waals surface area contributed by atoms with Crippen molar-refractivity contribution in [1.29, 1.82) is 5.26 Å². The molecule has 2 aromatic heterocycles. The molecule has 0 unspecified atom stereocenters. The number of benzene rings is 1. The molecular weight excluding hydrogens is 367 g/mol. The number of hydrogen-bond acceptors (Lipinski definition) is 7. The number of thiazole rings is 1. The van der Waals surface area contributed by atoms with Crippen LogP contribution in [0.25, 0.3) is 10.8 Å². The van der Waals surface area contributed by atoms with Crippen molar-refractivity contribution in [1.82, 2.24) is 20.3 Å². The van der Waals surface area contributed by atoms with E-state index >= 15 is 0 Å². The largest absolute Gasteiger partial charge is 0.382 e. The highest BCUT2D eigenvalue weighted by atomic mass is 32.1. The maximum Gasteiger partial charge on any atom is 0.263 e. The number of rotatable bonds is 6. The first kappa shape index (κ1) is 18.4. The number of amides is 1. The molecule has 3 aromatic rings. The normalized spacial score (nSPS) is 10.3. The van der Waals surface area contributed by atoms with Gasteiger partial charge in [0.25, 0.3) is 5.91 Å². The lowest BCUT2D eigenvalue weighted by Crippen LogP contribution is -2.28. The van der Waals surface area contributed by atoms with E-state index in [-0.39, 0.29) is 11.5 Å². The first-order valence-corrected chi connectivity index (χ1v) is 8.87. The van der Waals surface area contributed by atoms with Crippen LogP contribution in [-0.2, 0) is 0 Å². The molecule has 7 nitrogen and oxygen atoms in total. The van der Waals surface area contributed by atoms with Gasteiger partial charge in [0.2, 0.25) is 0 Å². The summed E-state index contributed by atoms with van der Waals surface area (Å²) in [6.45, 7) is 2.40. The van der Waals surface area contributed by atoms with E-state index in [1.54, 1.807) is 31.5 Å². The SMILES string of the molecule is Cc1nc(-c2ncccn2)sc1C(=O)NCCNc1cccc(F)c1C#N. The number of nitrogens with one attached hydrogen (secondary N) is 2. The number of hydrogen-bond donors (Lipinski definition) is 2. The van der Waals surface area contributed by atoms with Crippen LogP contribution < -0.4 is 10.6 Å². The van der Waals surface area contributed by atoms with Crippen molar-refractivity contribution in [2.24, 2.45) is 0 Å². The molecule has 2 heterocycles. The smallest absolute Gasteiger partial charge is 0.263 e. The Morgan fingerprint density at radius 1 is 1.26 bits per heavy atom. The zero-order valence-corrected chi connectivity index (χ0v) is 15.2. The number of nitriles is 1. The van der Waals surface area contributed by atoms with Gasteiger partial charge in [-0.15, -0.1) is 11.3 Å². The average Bonchev–Trinajstić information content (AvgIpc) is 3.08. The summed E-state index contributed by atoms with van der Waals surface area (Å²) in [5, 5.41) is 15.3. The van der Waals surface area contributed by atoms with Crippen molar-refractivity contribution < 1.29 is 9.18 Å². The van der Waals surface area contributed by atoms with Gasteiger partial charge in [-0.3, -0.25) is 4.79 Å². The lowest BCUT2D eigenvalue weighted by molar-refractivity contribution is 0.0958. The molecule has 0 spiro atoms. The lowest BCUT2D eigenvalue weighted by atomic mass is 10.2. The first-order chi connectivity index (χ1) is 13.1. The van der Waals surface area contributed by atoms with E-state index < -0.39 is 5.82 Å². The number of anilines is 1. The van der Waals surface area contributed by atoms with Crippen LogP contribution in [0.2, 0.25) is 0 Å². The molecule has 1 aromatic carbocycles. The molecule has 27 heavy (non-hydrogen) atoms. The summed E-state index contributed by atoms with van der Waals surface area (Å²) in [6.07, 6.45) is 3.23. The Balaban J connectivity index is 1.59. The summed E-state index contributed by atoms with van der Waals surface area (Å²) in [5.41, 5.74) is 0.948. The van der Waals surface area contributed by atoms with Crippen molar-refractivity contribution in [3.63, 3.8) is 0 Å². The predicted octanol–water partition coefficient (Wildman–Crippen LogP) is 2.76. The number of halogens is 1. The first-order valence-electron chi connectivity index (χ1n) is 8.05. The van der Waals surface area contributed by atoms with Gasteiger partial charge >= 0.3 is 0 Å². The number of nitrogens with zero attached hydrogens (tertiary/aromatic N) is 4. The van der Waals surface area contributed by atoms with E-state index in [2.05, 4.69) is 25.6 Å². The van der Waals surface area contributed by atoms with Crippen LogP contribution >= 0.6 is 11.3 Å². The van der Waals surface area contributed by atoms with E-state index in [0.717, 1.165) is 0 Å². The summed E-state index contributed by atoms with van der Waals surface area (Å²) in [5.74, 6) is -0.363. The van der Waals surface area contributed by atoms with Gasteiger partial charge in [0.05, 0.1) is 11.4 Å². The Morgan fingerprint density at radius 3 is 2.78 bits per heavy atom. The highest BCUT2D eigenvalue weighted by molar-refractivity contribution is 7.17. The van der Waals surface area contributed by atoms with E-state index in [4.69, 9.17) is 5.26 Å². The van der Waals surface area contributed by atoms with Gasteiger partial charge in [-0.05, 0) is 25.1 Å². The third-order valence-corrected chi connectivity index (χ3v) is 4.76. The number of aromatic nitrogens is 3. The Labute approximate surface area is 158 Å². The Hall–Kier alpha value is -3.38. The summed E-state index contributed by atoms with van der Waals surface area (Å²) in [4.78, 5) is 25.5. The third kappa shape index (κ3) is 4.24. The van der Waals surface area contributed by atoms with Gasteiger partial charge in [-0.25, -0.2) is 19.3 Å². The van der Waals surface area contributed by atoms with Crippen LogP contribution in [0.15, 0.2) is 36.7 Å². The fourth-order valence-corrected chi connectivity index (χ4v) is 3.28. The van der Waals surface area contributed by atoms with Crippen molar-refractivity contribution >= 4 is 22.9 Å². The summed E-state index contributed by atoms with van der Waals surface area (Å²) < 4.78 is 13.5. The minimum Gasteiger partial charge on any atom is -0.382 e. The van der Waals surface area contributed by atoms with Crippen LogP contribution in [-0.4, -0.2) is 33.9 Å². The van der Waals surface area contributed by atoms with E-state index in [1.807, 2.05) is 6.07 Å². The van der Waals surface area contributed by atoms with Crippen molar-refractivity contribution in [3.05, 3.63) is 58.6 Å². The van der Waals surface area contributed by atoms with E-state index in [0.29, 0.717) is 40.2 Å². The molecular formula is C18H15FN6OS. The molecule has 0 saturated carbocycles. The Morgan fingerprint density at radius 2 is 2.04 bits per heavy atom. The standard InChI is InChI=1S/C18H15FN6OS/c1-11-15(27-18(25-11)16-22-6-3-7-23-16)17(26)24-9-8-21-14-5-2-4-13(19)12(14)10-20/h2-7,21H,8-9H2,1H3,(H,24,26). The second-order valence-electron chi connectivity index (χ2n) is 5.46. The van der Waals surface area contributed by atoms with Gasteiger partial charge in [0.15, 0.2) is 10.8 Å². The Bertz CT molecular complexity index is 999. The molecule has 0 aliphatic rings. The Kier molecular flexibility index (Phi) is 5.68. The van der Waals surface area contributed by atoms with Crippen LogP contribution in [0, 0.1) is 24.1 Å². The maximum atomic E-state index is 13.5. The molecule has 0 bridgehead atoms. The summed E-state index contributed by atoms with van der Waals surface area (Å²) in [6, 6.07) is 7.89. The minimum atomic E-state index is -0.581. The van der Waals surface area contributed by atoms with E-state index in [9.17, 15) is 9.18 Å². The average molecular weight is 382 g/mol. The molecule has 2 N–H and O–H groups in total. The summed E-state index contributed by atoms with van der Waals surface area (Å²) in [7, 11) is 0. The van der Waals surface area contributed by atoms with Gasteiger partial charge in [0.1, 0.15) is 22.3 Å². The fourth-order valence-electron chi connectivity index (χ4n) is 2.35. The van der Waals surface area contributed by atoms with Gasteiger partial charge < -0.3 is 10.6 Å². The van der Waals surface area contributed by atoms with Crippen LogP contribution in [0.5, 0.6) is 0 Å². The molecule has 0 saturated heterocycles. The molecule has 9 heteroatoms. The zero-order chi connectivity index (χ0) is 19.2. The lowest BCUT2D eigenvalue weighted by Gasteiger charge is -2.09. The monoisotopic (exact) mass is 382 g/mol. The van der Waals surface area contributed by atoms with Crippen LogP contribution in [0.4, 0.5) is 10.1 Å². The molecule has 0 radical (unpaired) electrons. The van der Waals surface area contributed by atoms with Crippen LogP contribution in [0.3, 0.4) is 0 Å². The molecule has 0 aliphatic carbocycles. The molecule has 3 rings (SSSR count). The molecule has 0 atom stereocenters. The molecule has 0 fully saturated rings. The highest BCUT2D eigenvalue weighted by Crippen LogP contribution is 2.25. The summed E-state index contributed by atoms with van der Waals surface area (Å²) >= 11 is 1.22. The predicted molar refractivity (Wildman–Crippen MR) is 99.8 cm³/mol. The number of carbonyl (C=O) groups is 1. The quantitative estimate of drug-likeness (QED) is 0.636. The van der Waals surface area contributed by atoms with Crippen molar-refractivity contribution in [2.45, 2.75) is 6.92 Å².